The van der Waals surface area contributed by atoms with Crippen molar-refractivity contribution in [2.75, 3.05) is 0 Å². The van der Waals surface area contributed by atoms with Crippen LogP contribution < -0.4 is 0 Å². The average Bonchev–Trinajstić information content (AvgIpc) is 2.34. The number of carbonyl (C=O) groups is 1. The SMILES string of the molecule is CC1=NS(=O)(=O)N(Cc2ccc(F)cc2F)C=C1C(=O)O. The van der Waals surface area contributed by atoms with E-state index in [4.69, 9.17) is 5.11 Å². The Balaban J connectivity index is 2.40. The van der Waals surface area contributed by atoms with E-state index in [2.05, 4.69) is 4.40 Å². The quantitative estimate of drug-likeness (QED) is 0.914. The van der Waals surface area contributed by atoms with E-state index in [0.29, 0.717) is 10.4 Å². The molecule has 0 aliphatic carbocycles. The third-order valence-corrected chi connectivity index (χ3v) is 4.12. The van der Waals surface area contributed by atoms with Gasteiger partial charge in [-0.05, 0) is 13.0 Å². The van der Waals surface area contributed by atoms with Crippen LogP contribution in [0, 0.1) is 11.6 Å². The van der Waals surface area contributed by atoms with Crippen molar-refractivity contribution in [2.45, 2.75) is 13.5 Å². The van der Waals surface area contributed by atoms with Crippen molar-refractivity contribution >= 4 is 21.9 Å². The van der Waals surface area contributed by atoms with Gasteiger partial charge in [0.25, 0.3) is 0 Å². The molecule has 9 heteroatoms. The van der Waals surface area contributed by atoms with Gasteiger partial charge in [0.2, 0.25) is 0 Å². The van der Waals surface area contributed by atoms with Crippen LogP contribution in [0.2, 0.25) is 0 Å². The Morgan fingerprint density at radius 2 is 2.05 bits per heavy atom. The van der Waals surface area contributed by atoms with Crippen molar-refractivity contribution in [3.63, 3.8) is 0 Å². The van der Waals surface area contributed by atoms with Crippen LogP contribution in [-0.2, 0) is 21.5 Å². The van der Waals surface area contributed by atoms with Crippen molar-refractivity contribution in [1.82, 2.24) is 4.31 Å². The van der Waals surface area contributed by atoms with Crippen molar-refractivity contribution in [3.05, 3.63) is 47.2 Å². The molecule has 1 heterocycles. The first-order valence-corrected chi connectivity index (χ1v) is 7.08. The van der Waals surface area contributed by atoms with E-state index in [0.717, 1.165) is 18.3 Å². The summed E-state index contributed by atoms with van der Waals surface area (Å²) in [6, 6.07) is 2.67. The predicted octanol–water partition coefficient (Wildman–Crippen LogP) is 1.45. The highest BCUT2D eigenvalue weighted by Gasteiger charge is 2.28. The van der Waals surface area contributed by atoms with Gasteiger partial charge >= 0.3 is 16.2 Å². The summed E-state index contributed by atoms with van der Waals surface area (Å²) in [7, 11) is -4.14. The van der Waals surface area contributed by atoms with E-state index in [1.54, 1.807) is 0 Å². The zero-order chi connectivity index (χ0) is 15.8. The normalized spacial score (nSPS) is 17.2. The monoisotopic (exact) mass is 316 g/mol. The van der Waals surface area contributed by atoms with Gasteiger partial charge in [0, 0.05) is 17.8 Å². The summed E-state index contributed by atoms with van der Waals surface area (Å²) in [4.78, 5) is 11.0. The van der Waals surface area contributed by atoms with Crippen LogP contribution in [0.5, 0.6) is 0 Å². The molecule has 0 amide bonds. The number of hydrogen-bond acceptors (Lipinski definition) is 3. The number of nitrogens with zero attached hydrogens (tertiary/aromatic N) is 2. The lowest BCUT2D eigenvalue weighted by Crippen LogP contribution is -2.31. The van der Waals surface area contributed by atoms with Crippen molar-refractivity contribution in [1.29, 1.82) is 0 Å². The van der Waals surface area contributed by atoms with Gasteiger partial charge in [-0.15, -0.1) is 4.40 Å². The van der Waals surface area contributed by atoms with Gasteiger partial charge in [-0.2, -0.15) is 8.42 Å². The molecule has 6 nitrogen and oxygen atoms in total. The molecule has 0 aromatic heterocycles. The summed E-state index contributed by atoms with van der Waals surface area (Å²) in [6.07, 6.45) is 0.864. The number of carboxylic acids is 1. The maximum Gasteiger partial charge on any atom is 0.344 e. The lowest BCUT2D eigenvalue weighted by atomic mass is 10.2. The highest BCUT2D eigenvalue weighted by atomic mass is 32.2. The van der Waals surface area contributed by atoms with Crippen LogP contribution in [-0.4, -0.2) is 29.5 Å². The van der Waals surface area contributed by atoms with Crippen molar-refractivity contribution < 1.29 is 27.1 Å². The molecule has 1 N–H and O–H groups in total. The van der Waals surface area contributed by atoms with E-state index in [-0.39, 0.29) is 16.8 Å². The Morgan fingerprint density at radius 1 is 1.38 bits per heavy atom. The maximum atomic E-state index is 13.6. The Labute approximate surface area is 119 Å². The van der Waals surface area contributed by atoms with Crippen molar-refractivity contribution in [3.8, 4) is 0 Å². The zero-order valence-corrected chi connectivity index (χ0v) is 11.6. The molecule has 0 spiro atoms. The first kappa shape index (κ1) is 15.1. The summed E-state index contributed by atoms with van der Waals surface area (Å²) in [5.74, 6) is -3.08. The smallest absolute Gasteiger partial charge is 0.344 e. The number of aliphatic carboxylic acids is 1. The molecule has 0 atom stereocenters. The standard InChI is InChI=1S/C12H10F2N2O4S/c1-7-10(12(17)18)6-16(21(19,20)15-7)5-8-2-3-9(13)4-11(8)14/h2-4,6H,5H2,1H3,(H,17,18). The molecule has 0 bridgehead atoms. The molecule has 21 heavy (non-hydrogen) atoms. The van der Waals surface area contributed by atoms with E-state index in [1.165, 1.54) is 6.92 Å². The Kier molecular flexibility index (Phi) is 3.77. The first-order valence-electron chi connectivity index (χ1n) is 5.68. The summed E-state index contributed by atoms with van der Waals surface area (Å²) < 4.78 is 54.0. The van der Waals surface area contributed by atoms with E-state index in [1.807, 2.05) is 0 Å². The van der Waals surface area contributed by atoms with Crippen LogP contribution in [0.1, 0.15) is 12.5 Å². The fourth-order valence-electron chi connectivity index (χ4n) is 1.73. The summed E-state index contributed by atoms with van der Waals surface area (Å²) >= 11 is 0. The molecule has 1 aliphatic rings. The first-order chi connectivity index (χ1) is 9.70. The minimum atomic E-state index is -4.14. The van der Waals surface area contributed by atoms with Gasteiger partial charge < -0.3 is 5.11 Å². The number of hydrogen-bond donors (Lipinski definition) is 1. The lowest BCUT2D eigenvalue weighted by Gasteiger charge is -2.22. The molecule has 0 saturated carbocycles. The van der Waals surface area contributed by atoms with Crippen LogP contribution in [0.25, 0.3) is 0 Å². The number of benzene rings is 1. The molecule has 1 aliphatic heterocycles. The topological polar surface area (TPSA) is 87.0 Å². The van der Waals surface area contributed by atoms with Gasteiger partial charge in [0.05, 0.1) is 17.8 Å². The van der Waals surface area contributed by atoms with Gasteiger partial charge in [-0.1, -0.05) is 6.07 Å². The summed E-state index contributed by atoms with van der Waals surface area (Å²) in [5.41, 5.74) is -0.582. The predicted molar refractivity (Wildman–Crippen MR) is 69.6 cm³/mol. The molecule has 0 unspecified atom stereocenters. The maximum absolute atomic E-state index is 13.6. The van der Waals surface area contributed by atoms with Crippen molar-refractivity contribution in [2.24, 2.45) is 4.40 Å². The van der Waals surface area contributed by atoms with Gasteiger partial charge in [0.15, 0.2) is 0 Å². The molecule has 2 rings (SSSR count). The fourth-order valence-corrected chi connectivity index (χ4v) is 2.82. The van der Waals surface area contributed by atoms with E-state index >= 15 is 0 Å². The Hall–Kier alpha value is -2.29. The molecule has 1 aromatic rings. The minimum Gasteiger partial charge on any atom is -0.478 e. The third-order valence-electron chi connectivity index (χ3n) is 2.78. The van der Waals surface area contributed by atoms with Crippen LogP contribution in [0.15, 0.2) is 34.4 Å². The highest BCUT2D eigenvalue weighted by molar-refractivity contribution is 7.88. The largest absolute Gasteiger partial charge is 0.478 e. The summed E-state index contributed by atoms with van der Waals surface area (Å²) in [5, 5.41) is 8.96. The third kappa shape index (κ3) is 3.07. The van der Waals surface area contributed by atoms with E-state index in [9.17, 15) is 22.0 Å². The molecule has 0 fully saturated rings. The average molecular weight is 316 g/mol. The zero-order valence-electron chi connectivity index (χ0n) is 10.7. The van der Waals surface area contributed by atoms with Gasteiger partial charge in [-0.3, -0.25) is 4.31 Å². The fraction of sp³-hybridized carbons (Fsp3) is 0.167. The second-order valence-electron chi connectivity index (χ2n) is 4.28. The molecule has 112 valence electrons. The Bertz CT molecular complexity index is 771. The Morgan fingerprint density at radius 3 is 2.62 bits per heavy atom. The second kappa shape index (κ2) is 5.24. The lowest BCUT2D eigenvalue weighted by molar-refractivity contribution is -0.132. The van der Waals surface area contributed by atoms with Gasteiger partial charge in [-0.25, -0.2) is 13.6 Å². The molecular weight excluding hydrogens is 306 g/mol. The van der Waals surface area contributed by atoms with Crippen LogP contribution in [0.3, 0.4) is 0 Å². The van der Waals surface area contributed by atoms with Gasteiger partial charge in [0.1, 0.15) is 11.6 Å². The second-order valence-corrected chi connectivity index (χ2v) is 5.83. The van der Waals surface area contributed by atoms with Crippen LogP contribution >= 0.6 is 0 Å². The molecule has 1 aromatic carbocycles. The molecular formula is C12H10F2N2O4S. The minimum absolute atomic E-state index is 0.101. The number of halogens is 2. The molecule has 0 saturated heterocycles. The number of carboxylic acid groups (broad SMARTS) is 1. The molecule has 0 radical (unpaired) electrons. The van der Waals surface area contributed by atoms with E-state index < -0.39 is 34.4 Å². The number of rotatable bonds is 3. The van der Waals surface area contributed by atoms with Crippen LogP contribution in [0.4, 0.5) is 8.78 Å². The summed E-state index contributed by atoms with van der Waals surface area (Å²) in [6.45, 7) is 0.759. The highest BCUT2D eigenvalue weighted by Crippen LogP contribution is 2.21.